The highest BCUT2D eigenvalue weighted by Gasteiger charge is 2.16. The third-order valence-electron chi connectivity index (χ3n) is 4.64. The maximum Gasteiger partial charge on any atom is 0.336 e. The van der Waals surface area contributed by atoms with Crippen molar-refractivity contribution in [1.29, 1.82) is 0 Å². The monoisotopic (exact) mass is 379 g/mol. The minimum atomic E-state index is -0.925. The summed E-state index contributed by atoms with van der Waals surface area (Å²) in [6, 6.07) is 14.9. The highest BCUT2D eigenvalue weighted by molar-refractivity contribution is 7.78. The van der Waals surface area contributed by atoms with Gasteiger partial charge in [-0.1, -0.05) is 61.6 Å². The smallest absolute Gasteiger partial charge is 0.336 e. The van der Waals surface area contributed by atoms with E-state index in [1.807, 2.05) is 41.1 Å². The van der Waals surface area contributed by atoms with E-state index in [1.165, 1.54) is 0 Å². The first kappa shape index (κ1) is 18.9. The third-order valence-corrected chi connectivity index (χ3v) is 4.83. The summed E-state index contributed by atoms with van der Waals surface area (Å²) in [5.41, 5.74) is 2.97. The summed E-state index contributed by atoms with van der Waals surface area (Å²) in [6.07, 6.45) is 3.34. The number of carbonyl (C=O) groups is 1. The van der Waals surface area contributed by atoms with Crippen molar-refractivity contribution in [2.24, 2.45) is 0 Å². The highest BCUT2D eigenvalue weighted by atomic mass is 32.1. The van der Waals surface area contributed by atoms with Crippen LogP contribution >= 0.6 is 12.2 Å². The molecular formula is C21H21N3O2S. The lowest BCUT2D eigenvalue weighted by atomic mass is 9.98. The van der Waals surface area contributed by atoms with Gasteiger partial charge in [-0.2, -0.15) is 5.10 Å². The van der Waals surface area contributed by atoms with Gasteiger partial charge in [0.1, 0.15) is 12.2 Å². The van der Waals surface area contributed by atoms with Crippen molar-refractivity contribution in [3.05, 3.63) is 71.8 Å². The van der Waals surface area contributed by atoms with Gasteiger partial charge in [0.25, 0.3) is 0 Å². The van der Waals surface area contributed by atoms with E-state index in [0.29, 0.717) is 17.7 Å². The van der Waals surface area contributed by atoms with Gasteiger partial charge in [-0.25, -0.2) is 14.5 Å². The number of hydrogen-bond donors (Lipinski definition) is 1. The van der Waals surface area contributed by atoms with E-state index in [2.05, 4.69) is 17.0 Å². The minimum Gasteiger partial charge on any atom is -0.478 e. The molecule has 6 heteroatoms. The largest absolute Gasteiger partial charge is 0.478 e. The number of benzene rings is 2. The molecule has 1 N–H and O–H groups in total. The summed E-state index contributed by atoms with van der Waals surface area (Å²) in [7, 11) is 0. The molecule has 3 rings (SSSR count). The molecule has 2 aromatic carbocycles. The zero-order chi connectivity index (χ0) is 19.2. The fraction of sp³-hybridized carbons (Fsp3) is 0.238. The van der Waals surface area contributed by atoms with Crippen molar-refractivity contribution < 1.29 is 9.90 Å². The first-order valence-electron chi connectivity index (χ1n) is 8.87. The van der Waals surface area contributed by atoms with Crippen LogP contribution in [0, 0.1) is 0 Å². The van der Waals surface area contributed by atoms with Gasteiger partial charge in [-0.05, 0) is 41.0 Å². The molecule has 1 heterocycles. The van der Waals surface area contributed by atoms with Crippen molar-refractivity contribution in [1.82, 2.24) is 14.8 Å². The summed E-state index contributed by atoms with van der Waals surface area (Å²) < 4.78 is 1.91. The van der Waals surface area contributed by atoms with Gasteiger partial charge in [0.15, 0.2) is 0 Å². The molecule has 1 aromatic heterocycles. The summed E-state index contributed by atoms with van der Waals surface area (Å²) in [6.45, 7) is 2.74. The Kier molecular flexibility index (Phi) is 6.08. The number of hydrogen-bond acceptors (Lipinski definition) is 4. The number of thiocarbonyl (C=S) groups is 1. The maximum absolute atomic E-state index is 11.4. The van der Waals surface area contributed by atoms with E-state index < -0.39 is 5.97 Å². The van der Waals surface area contributed by atoms with Crippen LogP contribution in [0.4, 0.5) is 0 Å². The number of carboxylic acid groups (broad SMARTS) is 1. The molecule has 0 saturated heterocycles. The second-order valence-electron chi connectivity index (χ2n) is 6.33. The molecule has 3 aromatic rings. The molecule has 0 radical (unpaired) electrons. The minimum absolute atomic E-state index is 0.270. The Morgan fingerprint density at radius 1 is 1.22 bits per heavy atom. The van der Waals surface area contributed by atoms with Gasteiger partial charge in [0.05, 0.1) is 12.1 Å². The van der Waals surface area contributed by atoms with Crippen LogP contribution in [0.2, 0.25) is 0 Å². The Bertz CT molecular complexity index is 935. The van der Waals surface area contributed by atoms with Gasteiger partial charge in [0, 0.05) is 5.92 Å². The van der Waals surface area contributed by atoms with Gasteiger partial charge < -0.3 is 5.11 Å². The zero-order valence-corrected chi connectivity index (χ0v) is 15.9. The van der Waals surface area contributed by atoms with Crippen molar-refractivity contribution in [2.45, 2.75) is 32.2 Å². The Hall–Kier alpha value is -2.86. The number of carboxylic acids is 1. The lowest BCUT2D eigenvalue weighted by Crippen LogP contribution is -2.11. The molecule has 0 fully saturated rings. The summed E-state index contributed by atoms with van der Waals surface area (Å²) in [5.74, 6) is 0.289. The van der Waals surface area contributed by atoms with Gasteiger partial charge in [0.2, 0.25) is 0 Å². The Balaban J connectivity index is 1.83. The first-order valence-corrected chi connectivity index (χ1v) is 9.34. The molecular weight excluding hydrogens is 358 g/mol. The van der Waals surface area contributed by atoms with Crippen LogP contribution in [-0.4, -0.2) is 31.2 Å². The van der Waals surface area contributed by atoms with Crippen LogP contribution in [0.3, 0.4) is 0 Å². The zero-order valence-electron chi connectivity index (χ0n) is 15.1. The lowest BCUT2D eigenvalue weighted by Gasteiger charge is -2.14. The molecule has 0 bridgehead atoms. The molecule has 27 heavy (non-hydrogen) atoms. The van der Waals surface area contributed by atoms with Gasteiger partial charge in [-0.15, -0.1) is 0 Å². The fourth-order valence-electron chi connectivity index (χ4n) is 3.17. The van der Waals surface area contributed by atoms with Crippen molar-refractivity contribution in [3.8, 4) is 11.1 Å². The van der Waals surface area contributed by atoms with E-state index in [9.17, 15) is 9.90 Å². The lowest BCUT2D eigenvalue weighted by molar-refractivity contribution is 0.0697. The molecule has 0 aliphatic rings. The first-order chi connectivity index (χ1) is 13.1. The van der Waals surface area contributed by atoms with E-state index in [1.54, 1.807) is 23.8 Å². The van der Waals surface area contributed by atoms with E-state index in [0.717, 1.165) is 29.8 Å². The molecule has 0 aliphatic carbocycles. The number of nitrogens with zero attached hydrogens (tertiary/aromatic N) is 3. The number of rotatable bonds is 8. The molecule has 5 nitrogen and oxygen atoms in total. The van der Waals surface area contributed by atoms with E-state index in [-0.39, 0.29) is 5.92 Å². The Labute approximate surface area is 163 Å². The SMILES string of the molecule is CCC(CC=S)c1ncnn1Cc1ccc(-c2ccccc2C(=O)O)cc1. The maximum atomic E-state index is 11.4. The summed E-state index contributed by atoms with van der Waals surface area (Å²) in [4.78, 5) is 15.8. The number of aromatic nitrogens is 3. The van der Waals surface area contributed by atoms with Crippen LogP contribution in [0.15, 0.2) is 54.9 Å². The van der Waals surface area contributed by atoms with Crippen LogP contribution in [0.5, 0.6) is 0 Å². The molecule has 1 atom stereocenters. The Morgan fingerprint density at radius 3 is 2.63 bits per heavy atom. The standard InChI is InChI=1S/C21H21N3O2S/c1-2-16(11-12-27)20-22-14-23-24(20)13-15-7-9-17(10-8-15)18-5-3-4-6-19(18)21(25)26/h3-10,12,14,16H,2,11,13H2,1H3,(H,25,26). The quantitative estimate of drug-likeness (QED) is 0.581. The molecule has 0 spiro atoms. The molecule has 138 valence electrons. The molecule has 0 amide bonds. The normalized spacial score (nSPS) is 11.9. The Morgan fingerprint density at radius 2 is 1.96 bits per heavy atom. The van der Waals surface area contributed by atoms with E-state index in [4.69, 9.17) is 12.2 Å². The van der Waals surface area contributed by atoms with Crippen LogP contribution in [-0.2, 0) is 6.54 Å². The predicted molar refractivity (Wildman–Crippen MR) is 109 cm³/mol. The fourth-order valence-corrected chi connectivity index (χ4v) is 3.40. The van der Waals surface area contributed by atoms with Gasteiger partial charge >= 0.3 is 5.97 Å². The number of aromatic carboxylic acids is 1. The summed E-state index contributed by atoms with van der Waals surface area (Å²) in [5, 5.41) is 15.5. The predicted octanol–water partition coefficient (Wildman–Crippen LogP) is 4.58. The highest BCUT2D eigenvalue weighted by Crippen LogP contribution is 2.25. The van der Waals surface area contributed by atoms with Crippen molar-refractivity contribution >= 4 is 23.6 Å². The molecule has 0 saturated carbocycles. The second kappa shape index (κ2) is 8.68. The second-order valence-corrected chi connectivity index (χ2v) is 6.66. The average molecular weight is 379 g/mol. The van der Waals surface area contributed by atoms with Crippen LogP contribution in [0.1, 0.15) is 47.4 Å². The van der Waals surface area contributed by atoms with E-state index >= 15 is 0 Å². The van der Waals surface area contributed by atoms with Gasteiger partial charge in [-0.3, -0.25) is 0 Å². The van der Waals surface area contributed by atoms with Crippen LogP contribution < -0.4 is 0 Å². The van der Waals surface area contributed by atoms with Crippen molar-refractivity contribution in [2.75, 3.05) is 0 Å². The average Bonchev–Trinajstić information content (AvgIpc) is 3.14. The summed E-state index contributed by atoms with van der Waals surface area (Å²) >= 11 is 5.01. The topological polar surface area (TPSA) is 68.0 Å². The third kappa shape index (κ3) is 4.28. The molecule has 0 aliphatic heterocycles. The van der Waals surface area contributed by atoms with Crippen LogP contribution in [0.25, 0.3) is 11.1 Å². The molecule has 1 unspecified atom stereocenters. The van der Waals surface area contributed by atoms with Crippen molar-refractivity contribution in [3.63, 3.8) is 0 Å².